The average Bonchev–Trinajstić information content (AvgIpc) is 4.00. The van der Waals surface area contributed by atoms with Crippen molar-refractivity contribution in [1.82, 2.24) is 29.1 Å². The van der Waals surface area contributed by atoms with Gasteiger partial charge >= 0.3 is 0 Å². The van der Waals surface area contributed by atoms with E-state index in [2.05, 4.69) is 211 Å². The molecular weight excluding hydrogens is 901 g/mol. The summed E-state index contributed by atoms with van der Waals surface area (Å²) in [6.45, 7) is 0. The molecule has 0 N–H and O–H groups in total. The fourth-order valence-corrected chi connectivity index (χ4v) is 11.1. The number of allylic oxidation sites excluding steroid dienone is 1. The fourth-order valence-electron chi connectivity index (χ4n) is 11.1. The van der Waals surface area contributed by atoms with Gasteiger partial charge in [-0.2, -0.15) is 0 Å². The van der Waals surface area contributed by atoms with Gasteiger partial charge in [0.05, 0.1) is 22.2 Å². The first-order valence-corrected chi connectivity index (χ1v) is 25.2. The third-order valence-electron chi connectivity index (χ3n) is 14.7. The van der Waals surface area contributed by atoms with Crippen LogP contribution in [-0.4, -0.2) is 29.1 Å². The van der Waals surface area contributed by atoms with Crippen LogP contribution in [-0.2, 0) is 6.42 Å². The minimum atomic E-state index is 0.914. The summed E-state index contributed by atoms with van der Waals surface area (Å²) in [7, 11) is 0. The van der Waals surface area contributed by atoms with E-state index in [-0.39, 0.29) is 0 Å². The molecule has 6 heteroatoms. The lowest BCUT2D eigenvalue weighted by molar-refractivity contribution is 0.889. The smallest absolute Gasteiger partial charge is 0.0717 e. The van der Waals surface area contributed by atoms with Crippen LogP contribution in [0, 0.1) is 0 Å². The lowest BCUT2D eigenvalue weighted by Gasteiger charge is -2.15. The van der Waals surface area contributed by atoms with E-state index in [9.17, 15) is 0 Å². The van der Waals surface area contributed by atoms with Crippen molar-refractivity contribution in [2.45, 2.75) is 12.8 Å². The number of fused-ring (bicyclic) bond motifs is 6. The molecule has 6 heterocycles. The van der Waals surface area contributed by atoms with Crippen LogP contribution in [0.3, 0.4) is 0 Å². The Bertz CT molecular complexity index is 4160. The second-order valence-electron chi connectivity index (χ2n) is 19.1. The quantitative estimate of drug-likeness (QED) is 0.145. The van der Waals surface area contributed by atoms with Gasteiger partial charge in [-0.15, -0.1) is 0 Å². The molecule has 74 heavy (non-hydrogen) atoms. The number of hydrogen-bond donors (Lipinski definition) is 0. The number of rotatable bonds is 9. The molecule has 6 aromatic heterocycles. The maximum atomic E-state index is 4.64. The molecule has 0 aliphatic heterocycles. The van der Waals surface area contributed by atoms with Crippen molar-refractivity contribution in [3.8, 4) is 89.4 Å². The second kappa shape index (κ2) is 18.1. The van der Waals surface area contributed by atoms with Crippen LogP contribution in [0.2, 0.25) is 0 Å². The molecule has 7 aromatic carbocycles. The fraction of sp³-hybridized carbons (Fsp3) is 0.0294. The van der Waals surface area contributed by atoms with E-state index in [0.717, 1.165) is 113 Å². The largest absolute Gasteiger partial charge is 0.313 e. The Balaban J connectivity index is 0.872. The van der Waals surface area contributed by atoms with Crippen LogP contribution >= 0.6 is 0 Å². The Hall–Kier alpha value is -9.78. The van der Waals surface area contributed by atoms with E-state index < -0.39 is 0 Å². The van der Waals surface area contributed by atoms with E-state index in [1.807, 2.05) is 73.7 Å². The van der Waals surface area contributed by atoms with Crippen molar-refractivity contribution in [3.63, 3.8) is 0 Å². The first-order chi connectivity index (χ1) is 36.7. The maximum absolute atomic E-state index is 4.64. The van der Waals surface area contributed by atoms with Gasteiger partial charge in [0, 0.05) is 104 Å². The summed E-state index contributed by atoms with van der Waals surface area (Å²) in [5.74, 6) is 0. The molecule has 0 fully saturated rings. The van der Waals surface area contributed by atoms with Crippen LogP contribution in [0.15, 0.2) is 250 Å². The first-order valence-electron chi connectivity index (χ1n) is 25.2. The molecule has 0 saturated carbocycles. The molecular formula is C68H46N6. The Morgan fingerprint density at radius 1 is 0.324 bits per heavy atom. The van der Waals surface area contributed by atoms with Crippen molar-refractivity contribution in [2.75, 3.05) is 0 Å². The zero-order valence-electron chi connectivity index (χ0n) is 40.3. The van der Waals surface area contributed by atoms with Crippen molar-refractivity contribution in [3.05, 3.63) is 261 Å². The van der Waals surface area contributed by atoms with E-state index in [4.69, 9.17) is 0 Å². The summed E-state index contributed by atoms with van der Waals surface area (Å²) in [5.41, 5.74) is 23.9. The topological polar surface area (TPSA) is 61.4 Å². The van der Waals surface area contributed by atoms with Crippen molar-refractivity contribution in [2.24, 2.45) is 0 Å². The highest BCUT2D eigenvalue weighted by Gasteiger charge is 2.21. The van der Waals surface area contributed by atoms with Gasteiger partial charge in [-0.3, -0.25) is 19.9 Å². The van der Waals surface area contributed by atoms with E-state index in [1.165, 1.54) is 32.9 Å². The van der Waals surface area contributed by atoms with Crippen molar-refractivity contribution in [1.29, 1.82) is 0 Å². The van der Waals surface area contributed by atoms with Gasteiger partial charge in [-0.1, -0.05) is 109 Å². The maximum Gasteiger partial charge on any atom is 0.0717 e. The molecule has 6 nitrogen and oxygen atoms in total. The van der Waals surface area contributed by atoms with Crippen molar-refractivity contribution >= 4 is 38.8 Å². The summed E-state index contributed by atoms with van der Waals surface area (Å²) in [6, 6.07) is 72.7. The SMILES string of the molecule is C1=Cc2c(n(-c3cccc(-c4cccc(-n5c6ccc(-c7cccc(-c8cccnc8)c7)cc6c6cc(-c7cccc(-c8cccnc8)c7)ccc65)c4)c3)c3ccc(-c4cncc(-c5ccccn5)c4)cc23)CC1. The summed E-state index contributed by atoms with van der Waals surface area (Å²) in [4.78, 5) is 18.0. The summed E-state index contributed by atoms with van der Waals surface area (Å²) in [5, 5.41) is 3.63. The Labute approximate surface area is 428 Å². The molecule has 0 saturated heterocycles. The predicted octanol–water partition coefficient (Wildman–Crippen LogP) is 16.9. The third kappa shape index (κ3) is 7.68. The van der Waals surface area contributed by atoms with Gasteiger partial charge in [-0.05, 0) is 166 Å². The molecule has 0 bridgehead atoms. The summed E-state index contributed by atoms with van der Waals surface area (Å²) in [6.07, 6.45) is 19.8. The van der Waals surface area contributed by atoms with E-state index >= 15 is 0 Å². The molecule has 0 atom stereocenters. The minimum Gasteiger partial charge on any atom is -0.313 e. The molecule has 0 spiro atoms. The van der Waals surface area contributed by atoms with E-state index in [1.54, 1.807) is 0 Å². The van der Waals surface area contributed by atoms with Crippen LogP contribution in [0.25, 0.3) is 128 Å². The lowest BCUT2D eigenvalue weighted by atomic mass is 9.97. The molecule has 14 rings (SSSR count). The minimum absolute atomic E-state index is 0.914. The van der Waals surface area contributed by atoms with Gasteiger partial charge in [-0.25, -0.2) is 0 Å². The number of pyridine rings is 4. The van der Waals surface area contributed by atoms with Crippen LogP contribution in [0.5, 0.6) is 0 Å². The van der Waals surface area contributed by atoms with Gasteiger partial charge < -0.3 is 9.13 Å². The highest BCUT2D eigenvalue weighted by atomic mass is 15.0. The highest BCUT2D eigenvalue weighted by molar-refractivity contribution is 6.12. The Morgan fingerprint density at radius 3 is 1.38 bits per heavy atom. The van der Waals surface area contributed by atoms with Crippen LogP contribution in [0.4, 0.5) is 0 Å². The first kappa shape index (κ1) is 43.0. The Kier molecular flexibility index (Phi) is 10.5. The number of nitrogens with zero attached hydrogens (tertiary/aromatic N) is 6. The zero-order chi connectivity index (χ0) is 49.0. The molecule has 0 unspecified atom stereocenters. The molecule has 1 aliphatic rings. The highest BCUT2D eigenvalue weighted by Crippen LogP contribution is 2.41. The molecule has 1 aliphatic carbocycles. The normalized spacial score (nSPS) is 12.2. The molecule has 0 radical (unpaired) electrons. The summed E-state index contributed by atoms with van der Waals surface area (Å²) < 4.78 is 4.92. The van der Waals surface area contributed by atoms with Gasteiger partial charge in [0.2, 0.25) is 0 Å². The summed E-state index contributed by atoms with van der Waals surface area (Å²) >= 11 is 0. The predicted molar refractivity (Wildman–Crippen MR) is 304 cm³/mol. The molecule has 348 valence electrons. The number of aromatic nitrogens is 6. The van der Waals surface area contributed by atoms with Crippen molar-refractivity contribution < 1.29 is 0 Å². The third-order valence-corrected chi connectivity index (χ3v) is 14.7. The Morgan fingerprint density at radius 2 is 0.797 bits per heavy atom. The monoisotopic (exact) mass is 946 g/mol. The van der Waals surface area contributed by atoms with Gasteiger partial charge in [0.15, 0.2) is 0 Å². The number of benzene rings is 7. The van der Waals surface area contributed by atoms with Gasteiger partial charge in [0.1, 0.15) is 0 Å². The average molecular weight is 947 g/mol. The molecule has 13 aromatic rings. The van der Waals surface area contributed by atoms with Crippen LogP contribution < -0.4 is 0 Å². The molecule has 0 amide bonds. The lowest BCUT2D eigenvalue weighted by Crippen LogP contribution is -2.03. The standard InChI is InChI=1S/C68H46N6/c1-2-23-65-60(21-1)61-40-53(56-35-57(44-71-43-56)64-22-3-4-32-72-64)26-29-66(61)73(65)58-19-7-15-49(36-58)50-16-8-20-59(37-50)74-67-27-24-51(45-11-5-13-47(33-45)54-17-9-30-69-41-54)38-62(67)63-39-52(25-28-68(63)74)46-12-6-14-48(34-46)55-18-10-31-70-42-55/h1,3-22,24-44H,2,23H2. The second-order valence-corrected chi connectivity index (χ2v) is 19.1. The zero-order valence-corrected chi connectivity index (χ0v) is 40.3. The van der Waals surface area contributed by atoms with Gasteiger partial charge in [0.25, 0.3) is 0 Å². The number of hydrogen-bond acceptors (Lipinski definition) is 4. The van der Waals surface area contributed by atoms with Crippen LogP contribution in [0.1, 0.15) is 17.7 Å². The van der Waals surface area contributed by atoms with E-state index in [0.29, 0.717) is 0 Å².